The molecular weight excluding hydrogens is 212 g/mol. The van der Waals surface area contributed by atoms with Crippen LogP contribution in [0.25, 0.3) is 0 Å². The molecule has 1 saturated carbocycles. The van der Waals surface area contributed by atoms with E-state index in [1.54, 1.807) is 11.5 Å². The number of rotatable bonds is 2. The Hall–Kier alpha value is -0.0900. The molecule has 0 amide bonds. The van der Waals surface area contributed by atoms with Crippen molar-refractivity contribution < 1.29 is 0 Å². The fraction of sp³-hybridized carbons (Fsp3) is 0.800. The molecule has 0 spiro atoms. The predicted molar refractivity (Wildman–Crippen MR) is 63.0 cm³/mol. The first-order chi connectivity index (χ1) is 6.79. The van der Waals surface area contributed by atoms with Crippen LogP contribution in [0.3, 0.4) is 0 Å². The number of nitrogens with zero attached hydrogens (tertiary/aromatic N) is 2. The van der Waals surface area contributed by atoms with E-state index in [0.717, 1.165) is 11.7 Å². The molecule has 2 rings (SSSR count). The van der Waals surface area contributed by atoms with Crippen LogP contribution in [-0.2, 0) is 5.75 Å². The highest BCUT2D eigenvalue weighted by Crippen LogP contribution is 2.36. The monoisotopic (exact) mass is 228 g/mol. The highest BCUT2D eigenvalue weighted by atomic mass is 32.1. The largest absolute Gasteiger partial charge is 0.223 e. The van der Waals surface area contributed by atoms with Crippen molar-refractivity contribution in [2.24, 2.45) is 5.92 Å². The van der Waals surface area contributed by atoms with E-state index in [1.807, 2.05) is 0 Å². The van der Waals surface area contributed by atoms with E-state index in [4.69, 9.17) is 0 Å². The first kappa shape index (κ1) is 10.4. The molecular formula is C10H16N2S2. The third-order valence-electron chi connectivity index (χ3n) is 2.91. The van der Waals surface area contributed by atoms with Crippen LogP contribution in [-0.4, -0.2) is 9.36 Å². The smallest absolute Gasteiger partial charge is 0.152 e. The van der Waals surface area contributed by atoms with Gasteiger partial charge in [0.2, 0.25) is 0 Å². The molecule has 1 aliphatic carbocycles. The van der Waals surface area contributed by atoms with Crippen LogP contribution < -0.4 is 0 Å². The van der Waals surface area contributed by atoms with Crippen molar-refractivity contribution in [3.63, 3.8) is 0 Å². The lowest BCUT2D eigenvalue weighted by atomic mass is 9.83. The van der Waals surface area contributed by atoms with Crippen molar-refractivity contribution in [1.29, 1.82) is 0 Å². The standard InChI is InChI=1S/C10H16N2S2/c1-7-3-2-4-8(5-7)10-11-9(6-13)12-14-10/h7-8,13H,2-6H2,1H3. The molecule has 2 atom stereocenters. The normalized spacial score (nSPS) is 27.9. The summed E-state index contributed by atoms with van der Waals surface area (Å²) in [6, 6.07) is 0. The van der Waals surface area contributed by atoms with E-state index in [1.165, 1.54) is 30.7 Å². The lowest BCUT2D eigenvalue weighted by Gasteiger charge is -2.24. The van der Waals surface area contributed by atoms with Crippen LogP contribution in [0.2, 0.25) is 0 Å². The predicted octanol–water partition coefficient (Wildman–Crippen LogP) is 3.26. The third kappa shape index (κ3) is 2.28. The second-order valence-corrected chi connectivity index (χ2v) is 5.28. The minimum atomic E-state index is 0.665. The molecule has 2 nitrogen and oxygen atoms in total. The second-order valence-electron chi connectivity index (χ2n) is 4.18. The Balaban J connectivity index is 2.06. The van der Waals surface area contributed by atoms with Crippen molar-refractivity contribution in [2.45, 2.75) is 44.3 Å². The Morgan fingerprint density at radius 2 is 2.36 bits per heavy atom. The Labute approximate surface area is 94.7 Å². The van der Waals surface area contributed by atoms with Crippen LogP contribution in [0.1, 0.15) is 49.4 Å². The molecule has 1 aromatic heterocycles. The quantitative estimate of drug-likeness (QED) is 0.786. The second kappa shape index (κ2) is 4.62. The topological polar surface area (TPSA) is 25.8 Å². The van der Waals surface area contributed by atoms with Gasteiger partial charge in [0.15, 0.2) is 5.82 Å². The first-order valence-corrected chi connectivity index (χ1v) is 6.63. The van der Waals surface area contributed by atoms with E-state index in [9.17, 15) is 0 Å². The van der Waals surface area contributed by atoms with E-state index in [2.05, 4.69) is 28.9 Å². The van der Waals surface area contributed by atoms with Gasteiger partial charge in [0.25, 0.3) is 0 Å². The molecule has 0 aromatic carbocycles. The summed E-state index contributed by atoms with van der Waals surface area (Å²) >= 11 is 5.76. The Kier molecular flexibility index (Phi) is 3.44. The molecule has 0 radical (unpaired) electrons. The van der Waals surface area contributed by atoms with Crippen LogP contribution in [0.4, 0.5) is 0 Å². The molecule has 14 heavy (non-hydrogen) atoms. The molecule has 1 heterocycles. The summed E-state index contributed by atoms with van der Waals surface area (Å²) in [5.41, 5.74) is 0. The minimum Gasteiger partial charge on any atom is -0.223 e. The number of hydrogen-bond donors (Lipinski definition) is 1. The summed E-state index contributed by atoms with van der Waals surface area (Å²) in [6.07, 6.45) is 5.32. The summed E-state index contributed by atoms with van der Waals surface area (Å²) < 4.78 is 4.29. The highest BCUT2D eigenvalue weighted by molar-refractivity contribution is 7.79. The van der Waals surface area contributed by atoms with Gasteiger partial charge in [-0.3, -0.25) is 0 Å². The van der Waals surface area contributed by atoms with Gasteiger partial charge in [-0.2, -0.15) is 17.0 Å². The maximum Gasteiger partial charge on any atom is 0.152 e. The summed E-state index contributed by atoms with van der Waals surface area (Å²) in [5.74, 6) is 3.09. The van der Waals surface area contributed by atoms with Gasteiger partial charge in [-0.05, 0) is 30.3 Å². The Bertz CT molecular complexity index is 298. The lowest BCUT2D eigenvalue weighted by Crippen LogP contribution is -2.11. The number of thiol groups is 1. The molecule has 4 heteroatoms. The summed E-state index contributed by atoms with van der Waals surface area (Å²) in [5, 5.41) is 1.24. The zero-order valence-electron chi connectivity index (χ0n) is 8.44. The van der Waals surface area contributed by atoms with Crippen LogP contribution >= 0.6 is 24.2 Å². The average Bonchev–Trinajstić information content (AvgIpc) is 2.66. The van der Waals surface area contributed by atoms with Gasteiger partial charge in [-0.1, -0.05) is 19.8 Å². The molecule has 0 N–H and O–H groups in total. The van der Waals surface area contributed by atoms with Crippen molar-refractivity contribution in [3.8, 4) is 0 Å². The third-order valence-corrected chi connectivity index (χ3v) is 4.11. The van der Waals surface area contributed by atoms with Crippen LogP contribution in [0.5, 0.6) is 0 Å². The van der Waals surface area contributed by atoms with Gasteiger partial charge >= 0.3 is 0 Å². The molecule has 0 bridgehead atoms. The maximum absolute atomic E-state index is 4.52. The minimum absolute atomic E-state index is 0.665. The average molecular weight is 228 g/mol. The van der Waals surface area contributed by atoms with Gasteiger partial charge < -0.3 is 0 Å². The van der Waals surface area contributed by atoms with E-state index >= 15 is 0 Å². The molecule has 2 unspecified atom stereocenters. The Morgan fingerprint density at radius 3 is 3.00 bits per heavy atom. The zero-order chi connectivity index (χ0) is 9.97. The van der Waals surface area contributed by atoms with Crippen LogP contribution in [0, 0.1) is 5.92 Å². The Morgan fingerprint density at radius 1 is 1.50 bits per heavy atom. The molecule has 0 aliphatic heterocycles. The molecule has 78 valence electrons. The zero-order valence-corrected chi connectivity index (χ0v) is 10.2. The van der Waals surface area contributed by atoms with Crippen molar-refractivity contribution in [3.05, 3.63) is 10.8 Å². The fourth-order valence-corrected chi connectivity index (χ4v) is 3.21. The van der Waals surface area contributed by atoms with Gasteiger partial charge in [0.1, 0.15) is 5.01 Å². The van der Waals surface area contributed by atoms with E-state index < -0.39 is 0 Å². The van der Waals surface area contributed by atoms with Crippen molar-refractivity contribution in [2.75, 3.05) is 0 Å². The summed E-state index contributed by atoms with van der Waals surface area (Å²) in [4.78, 5) is 4.52. The SMILES string of the molecule is CC1CCCC(c2nc(CS)ns2)C1. The molecule has 0 saturated heterocycles. The summed E-state index contributed by atoms with van der Waals surface area (Å²) in [6.45, 7) is 2.34. The van der Waals surface area contributed by atoms with Gasteiger partial charge in [-0.15, -0.1) is 0 Å². The van der Waals surface area contributed by atoms with Crippen molar-refractivity contribution >= 4 is 24.2 Å². The number of hydrogen-bond acceptors (Lipinski definition) is 4. The first-order valence-electron chi connectivity index (χ1n) is 5.23. The van der Waals surface area contributed by atoms with Gasteiger partial charge in [0.05, 0.1) is 5.75 Å². The number of aromatic nitrogens is 2. The highest BCUT2D eigenvalue weighted by Gasteiger charge is 2.23. The molecule has 1 aromatic rings. The summed E-state index contributed by atoms with van der Waals surface area (Å²) in [7, 11) is 0. The van der Waals surface area contributed by atoms with Crippen LogP contribution in [0.15, 0.2) is 0 Å². The van der Waals surface area contributed by atoms with E-state index in [-0.39, 0.29) is 0 Å². The molecule has 1 fully saturated rings. The fourth-order valence-electron chi connectivity index (χ4n) is 2.16. The van der Waals surface area contributed by atoms with Gasteiger partial charge in [0, 0.05) is 5.92 Å². The lowest BCUT2D eigenvalue weighted by molar-refractivity contribution is 0.343. The van der Waals surface area contributed by atoms with E-state index in [0.29, 0.717) is 11.7 Å². The molecule has 1 aliphatic rings. The van der Waals surface area contributed by atoms with Gasteiger partial charge in [-0.25, -0.2) is 4.98 Å². The van der Waals surface area contributed by atoms with Crippen molar-refractivity contribution in [1.82, 2.24) is 9.36 Å². The maximum atomic E-state index is 4.52.